The van der Waals surface area contributed by atoms with Crippen molar-refractivity contribution >= 4 is 15.7 Å². The number of rotatable bonds is 6. The summed E-state index contributed by atoms with van der Waals surface area (Å²) in [6, 6.07) is 5.50. The van der Waals surface area contributed by atoms with Gasteiger partial charge in [0.05, 0.1) is 18.1 Å². The van der Waals surface area contributed by atoms with Gasteiger partial charge in [-0.3, -0.25) is 9.69 Å². The first-order valence-corrected chi connectivity index (χ1v) is 10.4. The van der Waals surface area contributed by atoms with Gasteiger partial charge in [0.15, 0.2) is 21.3 Å². The molecule has 0 spiro atoms. The lowest BCUT2D eigenvalue weighted by atomic mass is 10.1. The van der Waals surface area contributed by atoms with Crippen molar-refractivity contribution in [3.63, 3.8) is 0 Å². The van der Waals surface area contributed by atoms with E-state index in [1.807, 2.05) is 30.0 Å². The van der Waals surface area contributed by atoms with Gasteiger partial charge in [0.25, 0.3) is 0 Å². The Morgan fingerprint density at radius 1 is 1.32 bits per heavy atom. The van der Waals surface area contributed by atoms with E-state index in [9.17, 15) is 13.2 Å². The van der Waals surface area contributed by atoms with Gasteiger partial charge in [0.2, 0.25) is 5.91 Å². The second-order valence-electron chi connectivity index (χ2n) is 6.41. The van der Waals surface area contributed by atoms with Crippen LogP contribution in [-0.2, 0) is 21.2 Å². The quantitative estimate of drug-likeness (QED) is 0.791. The number of amides is 1. The summed E-state index contributed by atoms with van der Waals surface area (Å²) in [5, 5.41) is 2.83. The topological polar surface area (TPSA) is 84.9 Å². The van der Waals surface area contributed by atoms with Crippen molar-refractivity contribution in [2.24, 2.45) is 0 Å². The van der Waals surface area contributed by atoms with Crippen LogP contribution in [0.5, 0.6) is 11.5 Å². The highest BCUT2D eigenvalue weighted by Gasteiger charge is 2.29. The Morgan fingerprint density at radius 3 is 2.84 bits per heavy atom. The van der Waals surface area contributed by atoms with Crippen molar-refractivity contribution in [3.05, 3.63) is 23.8 Å². The molecule has 2 aliphatic rings. The van der Waals surface area contributed by atoms with Crippen molar-refractivity contribution in [1.82, 2.24) is 10.2 Å². The fraction of sp³-hybridized carbons (Fsp3) is 0.588. The molecule has 0 radical (unpaired) electrons. The standard InChI is InChI=1S/C17H24N2O5S/c1-2-19(11-16(20)18-14-6-9-25(21,22)12-14)10-13-4-3-5-15-17(13)24-8-7-23-15/h3-5,14H,2,6-12H2,1H3,(H,18,20)/t14-/m0/s1. The molecule has 1 aromatic rings. The maximum atomic E-state index is 12.3. The Labute approximate surface area is 148 Å². The van der Waals surface area contributed by atoms with Gasteiger partial charge < -0.3 is 14.8 Å². The number of hydrogen-bond acceptors (Lipinski definition) is 6. The number of likely N-dealkylation sites (N-methyl/N-ethyl adjacent to an activating group) is 1. The maximum absolute atomic E-state index is 12.3. The van der Waals surface area contributed by atoms with E-state index in [4.69, 9.17) is 9.47 Å². The molecule has 0 unspecified atom stereocenters. The lowest BCUT2D eigenvalue weighted by Crippen LogP contribution is -2.42. The van der Waals surface area contributed by atoms with Crippen LogP contribution in [0.4, 0.5) is 0 Å². The monoisotopic (exact) mass is 368 g/mol. The summed E-state index contributed by atoms with van der Waals surface area (Å²) in [5.74, 6) is 1.53. The summed E-state index contributed by atoms with van der Waals surface area (Å²) in [4.78, 5) is 14.2. The number of fused-ring (bicyclic) bond motifs is 1. The third-order valence-corrected chi connectivity index (χ3v) is 6.22. The summed E-state index contributed by atoms with van der Waals surface area (Å²) in [6.07, 6.45) is 0.498. The SMILES string of the molecule is CCN(CC(=O)N[C@H]1CCS(=O)(=O)C1)Cc1cccc2c1OCCO2. The number of nitrogens with one attached hydrogen (secondary N) is 1. The Morgan fingerprint density at radius 2 is 2.12 bits per heavy atom. The van der Waals surface area contributed by atoms with Crippen LogP contribution in [-0.4, -0.2) is 63.1 Å². The van der Waals surface area contributed by atoms with Gasteiger partial charge >= 0.3 is 0 Å². The fourth-order valence-corrected chi connectivity index (χ4v) is 4.84. The van der Waals surface area contributed by atoms with E-state index in [0.717, 1.165) is 17.1 Å². The molecule has 0 saturated carbocycles. The Hall–Kier alpha value is -1.80. The first kappa shape index (κ1) is 18.0. The molecule has 3 rings (SSSR count). The molecule has 1 fully saturated rings. The van der Waals surface area contributed by atoms with E-state index in [2.05, 4.69) is 5.32 Å². The number of hydrogen-bond donors (Lipinski definition) is 1. The van der Waals surface area contributed by atoms with Crippen LogP contribution in [0, 0.1) is 0 Å². The lowest BCUT2D eigenvalue weighted by Gasteiger charge is -2.25. The largest absolute Gasteiger partial charge is 0.486 e. The lowest BCUT2D eigenvalue weighted by molar-refractivity contribution is -0.122. The number of carbonyl (C=O) groups is 1. The molecule has 8 heteroatoms. The van der Waals surface area contributed by atoms with Crippen LogP contribution in [0.3, 0.4) is 0 Å². The van der Waals surface area contributed by atoms with Crippen LogP contribution in [0.15, 0.2) is 18.2 Å². The van der Waals surface area contributed by atoms with Gasteiger partial charge in [-0.15, -0.1) is 0 Å². The summed E-state index contributed by atoms with van der Waals surface area (Å²) in [7, 11) is -2.99. The van der Waals surface area contributed by atoms with E-state index < -0.39 is 9.84 Å². The highest BCUT2D eigenvalue weighted by Crippen LogP contribution is 2.34. The number of sulfone groups is 1. The van der Waals surface area contributed by atoms with Crippen molar-refractivity contribution < 1.29 is 22.7 Å². The molecule has 0 bridgehead atoms. The molecular formula is C17H24N2O5S. The van der Waals surface area contributed by atoms with Crippen LogP contribution in [0.2, 0.25) is 0 Å². The third-order valence-electron chi connectivity index (χ3n) is 4.45. The Kier molecular flexibility index (Phi) is 5.48. The first-order chi connectivity index (χ1) is 12.0. The molecule has 1 N–H and O–H groups in total. The molecule has 1 atom stereocenters. The van der Waals surface area contributed by atoms with Gasteiger partial charge in [-0.1, -0.05) is 19.1 Å². The molecule has 2 heterocycles. The predicted molar refractivity (Wildman–Crippen MR) is 93.6 cm³/mol. The minimum Gasteiger partial charge on any atom is -0.486 e. The third kappa shape index (κ3) is 4.64. The predicted octanol–water partition coefficient (Wildman–Crippen LogP) is 0.583. The van der Waals surface area contributed by atoms with Crippen molar-refractivity contribution in [2.75, 3.05) is 37.8 Å². The average Bonchev–Trinajstić information content (AvgIpc) is 2.93. The number of benzene rings is 1. The second-order valence-corrected chi connectivity index (χ2v) is 8.64. The summed E-state index contributed by atoms with van der Waals surface area (Å²) in [5.41, 5.74) is 0.982. The van der Waals surface area contributed by atoms with E-state index >= 15 is 0 Å². The minimum absolute atomic E-state index is 0.0439. The van der Waals surface area contributed by atoms with E-state index in [1.165, 1.54) is 0 Å². The van der Waals surface area contributed by atoms with Gasteiger partial charge in [-0.25, -0.2) is 8.42 Å². The summed E-state index contributed by atoms with van der Waals surface area (Å²) < 4.78 is 34.3. The summed E-state index contributed by atoms with van der Waals surface area (Å²) in [6.45, 7) is 4.53. The van der Waals surface area contributed by atoms with Crippen molar-refractivity contribution in [2.45, 2.75) is 25.9 Å². The fourth-order valence-electron chi connectivity index (χ4n) is 3.16. The molecular weight excluding hydrogens is 344 g/mol. The van der Waals surface area contributed by atoms with Gasteiger partial charge in [0, 0.05) is 18.2 Å². The van der Waals surface area contributed by atoms with Crippen molar-refractivity contribution in [1.29, 1.82) is 0 Å². The second kappa shape index (κ2) is 7.61. The minimum atomic E-state index is -2.99. The number of ether oxygens (including phenoxy) is 2. The van der Waals surface area contributed by atoms with Crippen LogP contribution in [0.1, 0.15) is 18.9 Å². The highest BCUT2D eigenvalue weighted by atomic mass is 32.2. The summed E-state index contributed by atoms with van der Waals surface area (Å²) >= 11 is 0. The van der Waals surface area contributed by atoms with Crippen molar-refractivity contribution in [3.8, 4) is 11.5 Å². The van der Waals surface area contributed by atoms with E-state index in [1.54, 1.807) is 0 Å². The normalized spacial score (nSPS) is 21.3. The number of para-hydroxylation sites is 1. The molecule has 138 valence electrons. The van der Waals surface area contributed by atoms with Crippen LogP contribution in [0.25, 0.3) is 0 Å². The molecule has 0 aliphatic carbocycles. The molecule has 2 aliphatic heterocycles. The molecule has 1 amide bonds. The number of nitrogens with zero attached hydrogens (tertiary/aromatic N) is 1. The zero-order valence-corrected chi connectivity index (χ0v) is 15.2. The maximum Gasteiger partial charge on any atom is 0.234 e. The smallest absolute Gasteiger partial charge is 0.234 e. The molecule has 1 saturated heterocycles. The van der Waals surface area contributed by atoms with Gasteiger partial charge in [-0.05, 0) is 19.0 Å². The van der Waals surface area contributed by atoms with Crippen LogP contribution < -0.4 is 14.8 Å². The van der Waals surface area contributed by atoms with Crippen LogP contribution >= 0.6 is 0 Å². The van der Waals surface area contributed by atoms with E-state index in [-0.39, 0.29) is 30.0 Å². The Bertz CT molecular complexity index is 735. The molecule has 1 aromatic carbocycles. The zero-order valence-electron chi connectivity index (χ0n) is 14.4. The molecule has 0 aromatic heterocycles. The van der Waals surface area contributed by atoms with E-state index in [0.29, 0.717) is 32.7 Å². The average molecular weight is 368 g/mol. The van der Waals surface area contributed by atoms with Gasteiger partial charge in [0.1, 0.15) is 13.2 Å². The molecule has 25 heavy (non-hydrogen) atoms. The zero-order chi connectivity index (χ0) is 17.9. The van der Waals surface area contributed by atoms with Gasteiger partial charge in [-0.2, -0.15) is 0 Å². The highest BCUT2D eigenvalue weighted by molar-refractivity contribution is 7.91. The molecule has 7 nitrogen and oxygen atoms in total. The number of carbonyl (C=O) groups excluding carboxylic acids is 1. The first-order valence-electron chi connectivity index (χ1n) is 8.56. The Balaban J connectivity index is 1.59.